The van der Waals surface area contributed by atoms with Crippen molar-refractivity contribution >= 4 is 15.9 Å². The lowest BCUT2D eigenvalue weighted by Crippen LogP contribution is -2.33. The molecule has 1 aromatic rings. The number of nitrogens with one attached hydrogen (secondary N) is 1. The van der Waals surface area contributed by atoms with Gasteiger partial charge in [0.25, 0.3) is 0 Å². The number of hydrogen-bond acceptors (Lipinski definition) is 3. The molecule has 6 heteroatoms. The minimum Gasteiger partial charge on any atom is -0.352 e. The third-order valence-electron chi connectivity index (χ3n) is 4.15. The van der Waals surface area contributed by atoms with E-state index in [-0.39, 0.29) is 22.8 Å². The molecule has 1 rings (SSSR count). The van der Waals surface area contributed by atoms with Gasteiger partial charge in [-0.15, -0.1) is 0 Å². The molecule has 0 radical (unpaired) electrons. The molecule has 0 heterocycles. The highest BCUT2D eigenvalue weighted by Gasteiger charge is 2.22. The van der Waals surface area contributed by atoms with E-state index in [1.54, 1.807) is 31.3 Å². The van der Waals surface area contributed by atoms with Crippen LogP contribution in [-0.2, 0) is 21.4 Å². The number of benzene rings is 1. The minimum absolute atomic E-state index is 0.0364. The standard InChI is InChI=1S/C17H28N2O3S/c1-6-15(7-2)17(20)18-12-14-8-10-16(11-9-14)23(21,22)19(5)13(3)4/h8-11,13,15H,6-7,12H2,1-5H3,(H,18,20). The van der Waals surface area contributed by atoms with Gasteiger partial charge in [-0.3, -0.25) is 4.79 Å². The van der Waals surface area contributed by atoms with Crippen molar-refractivity contribution in [2.45, 2.75) is 58.0 Å². The zero-order valence-electron chi connectivity index (χ0n) is 14.7. The molecule has 0 aliphatic carbocycles. The summed E-state index contributed by atoms with van der Waals surface area (Å²) in [5.41, 5.74) is 0.885. The summed E-state index contributed by atoms with van der Waals surface area (Å²) < 4.78 is 26.1. The lowest BCUT2D eigenvalue weighted by atomic mass is 10.0. The van der Waals surface area contributed by atoms with E-state index in [9.17, 15) is 13.2 Å². The largest absolute Gasteiger partial charge is 0.352 e. The molecule has 1 aromatic carbocycles. The number of nitrogens with zero attached hydrogens (tertiary/aromatic N) is 1. The highest BCUT2D eigenvalue weighted by atomic mass is 32.2. The maximum atomic E-state index is 12.4. The molecular weight excluding hydrogens is 312 g/mol. The van der Waals surface area contributed by atoms with Gasteiger partial charge in [0, 0.05) is 25.6 Å². The number of carbonyl (C=O) groups is 1. The monoisotopic (exact) mass is 340 g/mol. The van der Waals surface area contributed by atoms with E-state index in [0.29, 0.717) is 6.54 Å². The molecule has 23 heavy (non-hydrogen) atoms. The first kappa shape index (κ1) is 19.6. The van der Waals surface area contributed by atoms with Crippen LogP contribution in [0.2, 0.25) is 0 Å². The van der Waals surface area contributed by atoms with Gasteiger partial charge in [0.2, 0.25) is 15.9 Å². The molecule has 0 aliphatic heterocycles. The molecule has 0 aromatic heterocycles. The molecule has 0 saturated carbocycles. The number of hydrogen-bond donors (Lipinski definition) is 1. The van der Waals surface area contributed by atoms with Crippen molar-refractivity contribution in [3.63, 3.8) is 0 Å². The van der Waals surface area contributed by atoms with Gasteiger partial charge >= 0.3 is 0 Å². The highest BCUT2D eigenvalue weighted by molar-refractivity contribution is 7.89. The van der Waals surface area contributed by atoms with Gasteiger partial charge in [-0.2, -0.15) is 4.31 Å². The minimum atomic E-state index is -3.46. The van der Waals surface area contributed by atoms with E-state index in [1.165, 1.54) is 4.31 Å². The second-order valence-electron chi connectivity index (χ2n) is 5.99. The number of rotatable bonds is 8. The van der Waals surface area contributed by atoms with Gasteiger partial charge in [-0.05, 0) is 44.4 Å². The Kier molecular flexibility index (Phi) is 7.22. The van der Waals surface area contributed by atoms with Crippen molar-refractivity contribution in [2.24, 2.45) is 5.92 Å². The van der Waals surface area contributed by atoms with Crippen LogP contribution in [0.5, 0.6) is 0 Å². The summed E-state index contributed by atoms with van der Waals surface area (Å²) in [4.78, 5) is 12.2. The van der Waals surface area contributed by atoms with Crippen molar-refractivity contribution < 1.29 is 13.2 Å². The van der Waals surface area contributed by atoms with Crippen LogP contribution in [0.3, 0.4) is 0 Å². The topological polar surface area (TPSA) is 66.5 Å². The van der Waals surface area contributed by atoms with Crippen molar-refractivity contribution in [1.82, 2.24) is 9.62 Å². The van der Waals surface area contributed by atoms with E-state index >= 15 is 0 Å². The number of sulfonamides is 1. The predicted molar refractivity (Wildman–Crippen MR) is 92.4 cm³/mol. The Morgan fingerprint density at radius 3 is 2.09 bits per heavy atom. The first-order valence-electron chi connectivity index (χ1n) is 8.08. The van der Waals surface area contributed by atoms with Gasteiger partial charge < -0.3 is 5.32 Å². The average molecular weight is 340 g/mol. The smallest absolute Gasteiger partial charge is 0.243 e. The van der Waals surface area contributed by atoms with E-state index < -0.39 is 10.0 Å². The molecule has 1 N–H and O–H groups in total. The molecule has 0 bridgehead atoms. The fraction of sp³-hybridized carbons (Fsp3) is 0.588. The fourth-order valence-corrected chi connectivity index (χ4v) is 3.58. The van der Waals surface area contributed by atoms with Crippen molar-refractivity contribution in [1.29, 1.82) is 0 Å². The maximum absolute atomic E-state index is 12.4. The van der Waals surface area contributed by atoms with Gasteiger partial charge in [0.15, 0.2) is 0 Å². The second-order valence-corrected chi connectivity index (χ2v) is 7.99. The maximum Gasteiger partial charge on any atom is 0.243 e. The quantitative estimate of drug-likeness (QED) is 0.791. The summed E-state index contributed by atoms with van der Waals surface area (Å²) in [6, 6.07) is 6.57. The van der Waals surface area contributed by atoms with Crippen molar-refractivity contribution in [3.05, 3.63) is 29.8 Å². The first-order valence-corrected chi connectivity index (χ1v) is 9.52. The molecule has 130 valence electrons. The van der Waals surface area contributed by atoms with Gasteiger partial charge in [-0.1, -0.05) is 26.0 Å². The van der Waals surface area contributed by atoms with Crippen molar-refractivity contribution in [2.75, 3.05) is 7.05 Å². The fourth-order valence-electron chi connectivity index (χ4n) is 2.22. The van der Waals surface area contributed by atoms with Crippen molar-refractivity contribution in [3.8, 4) is 0 Å². The molecule has 0 atom stereocenters. The molecule has 1 amide bonds. The summed E-state index contributed by atoms with van der Waals surface area (Å²) in [5.74, 6) is 0.0839. The van der Waals surface area contributed by atoms with Gasteiger partial charge in [0.1, 0.15) is 0 Å². The normalized spacial score (nSPS) is 12.2. The molecule has 0 spiro atoms. The lowest BCUT2D eigenvalue weighted by molar-refractivity contribution is -0.125. The number of amides is 1. The van der Waals surface area contributed by atoms with E-state index in [1.807, 2.05) is 27.7 Å². The molecule has 5 nitrogen and oxygen atoms in total. The van der Waals surface area contributed by atoms with Gasteiger partial charge in [-0.25, -0.2) is 8.42 Å². The van der Waals surface area contributed by atoms with Crippen LogP contribution in [0.25, 0.3) is 0 Å². The zero-order valence-corrected chi connectivity index (χ0v) is 15.5. The van der Waals surface area contributed by atoms with Gasteiger partial charge in [0.05, 0.1) is 4.90 Å². The third kappa shape index (κ3) is 5.04. The van der Waals surface area contributed by atoms with Crippen LogP contribution in [0.15, 0.2) is 29.2 Å². The highest BCUT2D eigenvalue weighted by Crippen LogP contribution is 2.17. The summed E-state index contributed by atoms with van der Waals surface area (Å²) in [7, 11) is -1.89. The van der Waals surface area contributed by atoms with E-state index in [4.69, 9.17) is 0 Å². The molecule has 0 saturated heterocycles. The van der Waals surface area contributed by atoms with Crippen LogP contribution >= 0.6 is 0 Å². The predicted octanol–water partition coefficient (Wildman–Crippen LogP) is 2.77. The summed E-state index contributed by atoms with van der Waals surface area (Å²) in [5, 5.41) is 2.90. The molecular formula is C17H28N2O3S. The Balaban J connectivity index is 2.76. The molecule has 0 aliphatic rings. The first-order chi connectivity index (χ1) is 10.7. The SMILES string of the molecule is CCC(CC)C(=O)NCc1ccc(S(=O)(=O)N(C)C(C)C)cc1. The van der Waals surface area contributed by atoms with Crippen LogP contribution in [-0.4, -0.2) is 31.7 Å². The number of carbonyl (C=O) groups excluding carboxylic acids is 1. The summed E-state index contributed by atoms with van der Waals surface area (Å²) in [6.07, 6.45) is 1.64. The van der Waals surface area contributed by atoms with E-state index in [2.05, 4.69) is 5.32 Å². The van der Waals surface area contributed by atoms with Crippen LogP contribution in [0.1, 0.15) is 46.1 Å². The summed E-state index contributed by atoms with van der Waals surface area (Å²) >= 11 is 0. The Morgan fingerprint density at radius 2 is 1.65 bits per heavy atom. The second kappa shape index (κ2) is 8.45. The Morgan fingerprint density at radius 1 is 1.13 bits per heavy atom. The Bertz CT molecular complexity index is 605. The molecule has 0 unspecified atom stereocenters. The zero-order chi connectivity index (χ0) is 17.6. The Hall–Kier alpha value is -1.40. The lowest BCUT2D eigenvalue weighted by Gasteiger charge is -2.21. The van der Waals surface area contributed by atoms with Crippen LogP contribution < -0.4 is 5.32 Å². The summed E-state index contributed by atoms with van der Waals surface area (Å²) in [6.45, 7) is 8.07. The molecule has 0 fully saturated rings. The Labute approximate surface area is 140 Å². The third-order valence-corrected chi connectivity index (χ3v) is 6.20. The van der Waals surface area contributed by atoms with Crippen LogP contribution in [0, 0.1) is 5.92 Å². The van der Waals surface area contributed by atoms with E-state index in [0.717, 1.165) is 18.4 Å². The average Bonchev–Trinajstić information content (AvgIpc) is 2.53. The van der Waals surface area contributed by atoms with Crippen LogP contribution in [0.4, 0.5) is 0 Å².